The summed E-state index contributed by atoms with van der Waals surface area (Å²) >= 11 is 13.9. The molecule has 11 nitrogen and oxygen atoms in total. The number of nitrogens with one attached hydrogen (secondary N) is 3. The topological polar surface area (TPSA) is 130 Å². The number of nitrogens with zero attached hydrogens (tertiary/aromatic N) is 4. The molecule has 2 aliphatic rings. The highest BCUT2D eigenvalue weighted by Gasteiger charge is 2.27. The average Bonchev–Trinajstić information content (AvgIpc) is 3.64. The Hall–Kier alpha value is -4.45. The van der Waals surface area contributed by atoms with Crippen molar-refractivity contribution in [3.63, 3.8) is 0 Å². The molecule has 1 atom stereocenters. The maximum atomic E-state index is 13.4. The number of anilines is 1. The first-order valence-corrected chi connectivity index (χ1v) is 16.1. The second kappa shape index (κ2) is 13.7. The minimum Gasteiger partial charge on any atom is -0.496 e. The molecule has 3 N–H and O–H groups in total. The molecule has 13 heteroatoms. The van der Waals surface area contributed by atoms with Crippen molar-refractivity contribution in [1.82, 2.24) is 30.1 Å². The Bertz CT molecular complexity index is 1880. The van der Waals surface area contributed by atoms with Crippen molar-refractivity contribution >= 4 is 46.6 Å². The van der Waals surface area contributed by atoms with Crippen LogP contribution in [0.2, 0.25) is 10.0 Å². The minimum absolute atomic E-state index is 0.0227. The van der Waals surface area contributed by atoms with E-state index in [0.29, 0.717) is 77.3 Å². The number of hydrogen-bond donors (Lipinski definition) is 3. The van der Waals surface area contributed by atoms with Gasteiger partial charge in [0.05, 0.1) is 40.8 Å². The predicted octanol–water partition coefficient (Wildman–Crippen LogP) is 4.99. The van der Waals surface area contributed by atoms with E-state index in [1.165, 1.54) is 6.92 Å². The van der Waals surface area contributed by atoms with Crippen LogP contribution in [-0.2, 0) is 36.1 Å². The third-order valence-electron chi connectivity index (χ3n) is 8.68. The van der Waals surface area contributed by atoms with Crippen LogP contribution in [0.15, 0.2) is 48.7 Å². The standard InChI is InChI=1S/C34H35Cl2N7O4/c1-19(44)43-14-12-27-26(18-43)40-33(42(27)2)34(46)41-25-6-4-5-23(30(25)35)24-11-13-38-32(31(24)36)20-7-8-21(28(15-20)47-3)16-37-17-22-9-10-29(45)39-22/h4-8,11,13,15,22,37H,9-10,12,14,16-18H2,1-3H3,(H,39,45)(H,41,46)/t22-/m1/s1. The first kappa shape index (κ1) is 32.5. The second-order valence-corrected chi connectivity index (χ2v) is 12.4. The summed E-state index contributed by atoms with van der Waals surface area (Å²) in [4.78, 5) is 47.6. The number of amides is 3. The van der Waals surface area contributed by atoms with Gasteiger partial charge in [-0.15, -0.1) is 0 Å². The van der Waals surface area contributed by atoms with E-state index in [9.17, 15) is 14.4 Å². The van der Waals surface area contributed by atoms with Gasteiger partial charge in [0.1, 0.15) is 5.75 Å². The number of ether oxygens (including phenoxy) is 1. The summed E-state index contributed by atoms with van der Waals surface area (Å²) in [5, 5.41) is 9.98. The fourth-order valence-electron chi connectivity index (χ4n) is 6.12. The lowest BCUT2D eigenvalue weighted by Crippen LogP contribution is -2.35. The molecule has 0 spiro atoms. The molecule has 244 valence electrons. The van der Waals surface area contributed by atoms with Gasteiger partial charge < -0.3 is 30.2 Å². The zero-order valence-corrected chi connectivity index (χ0v) is 27.8. The van der Waals surface area contributed by atoms with E-state index in [1.54, 1.807) is 48.0 Å². The van der Waals surface area contributed by atoms with Crippen molar-refractivity contribution in [3.8, 4) is 28.1 Å². The lowest BCUT2D eigenvalue weighted by atomic mass is 10.0. The molecule has 2 aliphatic heterocycles. The fourth-order valence-corrected chi connectivity index (χ4v) is 6.71. The largest absolute Gasteiger partial charge is 0.496 e. The molecule has 0 radical (unpaired) electrons. The van der Waals surface area contributed by atoms with Crippen LogP contribution in [0.25, 0.3) is 22.4 Å². The number of benzene rings is 2. The molecule has 1 saturated heterocycles. The zero-order chi connectivity index (χ0) is 33.2. The third kappa shape index (κ3) is 6.69. The van der Waals surface area contributed by atoms with Crippen LogP contribution in [0.3, 0.4) is 0 Å². The Morgan fingerprint density at radius 1 is 1.11 bits per heavy atom. The SMILES string of the molecule is COc1cc(-c2nccc(-c3cccc(NC(=O)c4nc5c(n4C)CCN(C(C)=O)C5)c3Cl)c2Cl)ccc1CNC[C@H]1CCC(=O)N1. The maximum absolute atomic E-state index is 13.4. The van der Waals surface area contributed by atoms with Crippen molar-refractivity contribution in [3.05, 3.63) is 81.5 Å². The summed E-state index contributed by atoms with van der Waals surface area (Å²) in [5.74, 6) is 0.581. The fraction of sp³-hybridized carbons (Fsp3) is 0.324. The highest BCUT2D eigenvalue weighted by atomic mass is 35.5. The van der Waals surface area contributed by atoms with Gasteiger partial charge in [-0.3, -0.25) is 19.4 Å². The molecule has 2 aromatic carbocycles. The number of rotatable bonds is 9. The molecular weight excluding hydrogens is 641 g/mol. The molecule has 2 aromatic heterocycles. The zero-order valence-electron chi connectivity index (χ0n) is 26.3. The summed E-state index contributed by atoms with van der Waals surface area (Å²) < 4.78 is 7.47. The minimum atomic E-state index is -0.411. The van der Waals surface area contributed by atoms with Crippen LogP contribution >= 0.6 is 23.2 Å². The highest BCUT2D eigenvalue weighted by molar-refractivity contribution is 6.39. The number of aromatic nitrogens is 3. The number of hydrogen-bond acceptors (Lipinski definition) is 7. The van der Waals surface area contributed by atoms with Gasteiger partial charge in [-0.2, -0.15) is 0 Å². The summed E-state index contributed by atoms with van der Waals surface area (Å²) in [6.45, 7) is 3.74. The van der Waals surface area contributed by atoms with Crippen LogP contribution in [0.5, 0.6) is 5.75 Å². The Morgan fingerprint density at radius 3 is 2.66 bits per heavy atom. The molecule has 0 bridgehead atoms. The summed E-state index contributed by atoms with van der Waals surface area (Å²) in [5.41, 5.74) is 5.62. The van der Waals surface area contributed by atoms with Crippen molar-refractivity contribution in [2.75, 3.05) is 25.5 Å². The normalized spacial score (nSPS) is 15.7. The number of pyridine rings is 1. The van der Waals surface area contributed by atoms with Gasteiger partial charge >= 0.3 is 0 Å². The lowest BCUT2D eigenvalue weighted by molar-refractivity contribution is -0.129. The Balaban J connectivity index is 1.21. The Morgan fingerprint density at radius 2 is 1.91 bits per heavy atom. The number of carbonyl (C=O) groups is 3. The van der Waals surface area contributed by atoms with Crippen LogP contribution in [0.1, 0.15) is 47.3 Å². The van der Waals surface area contributed by atoms with Crippen molar-refractivity contribution in [1.29, 1.82) is 0 Å². The molecule has 1 fully saturated rings. The summed E-state index contributed by atoms with van der Waals surface area (Å²) in [7, 11) is 3.42. The molecule has 0 unspecified atom stereocenters. The first-order chi connectivity index (χ1) is 22.6. The summed E-state index contributed by atoms with van der Waals surface area (Å²) in [6.07, 6.45) is 3.68. The summed E-state index contributed by atoms with van der Waals surface area (Å²) in [6, 6.07) is 13.1. The molecule has 4 heterocycles. The van der Waals surface area contributed by atoms with E-state index in [2.05, 4.69) is 25.9 Å². The smallest absolute Gasteiger partial charge is 0.291 e. The van der Waals surface area contributed by atoms with Gasteiger partial charge in [-0.05, 0) is 24.6 Å². The Labute approximate surface area is 282 Å². The van der Waals surface area contributed by atoms with E-state index < -0.39 is 5.91 Å². The number of methoxy groups -OCH3 is 1. The number of fused-ring (bicyclic) bond motifs is 1. The molecule has 47 heavy (non-hydrogen) atoms. The first-order valence-electron chi connectivity index (χ1n) is 15.4. The number of carbonyl (C=O) groups excluding carboxylic acids is 3. The number of halogens is 2. The van der Waals surface area contributed by atoms with Gasteiger partial charge in [0.2, 0.25) is 11.8 Å². The van der Waals surface area contributed by atoms with E-state index in [4.69, 9.17) is 27.9 Å². The van der Waals surface area contributed by atoms with Gasteiger partial charge in [0, 0.05) is 86.6 Å². The van der Waals surface area contributed by atoms with E-state index >= 15 is 0 Å². The van der Waals surface area contributed by atoms with Gasteiger partial charge in [0.15, 0.2) is 5.82 Å². The average molecular weight is 677 g/mol. The molecular formula is C34H35Cl2N7O4. The van der Waals surface area contributed by atoms with Crippen molar-refractivity contribution < 1.29 is 19.1 Å². The Kier molecular flexibility index (Phi) is 9.49. The van der Waals surface area contributed by atoms with Crippen LogP contribution in [-0.4, -0.2) is 63.4 Å². The third-order valence-corrected chi connectivity index (χ3v) is 9.47. The van der Waals surface area contributed by atoms with Crippen LogP contribution in [0, 0.1) is 0 Å². The van der Waals surface area contributed by atoms with Gasteiger partial charge in [-0.1, -0.05) is 47.5 Å². The van der Waals surface area contributed by atoms with E-state index in [0.717, 1.165) is 28.9 Å². The molecule has 4 aromatic rings. The molecule has 0 aliphatic carbocycles. The van der Waals surface area contributed by atoms with Gasteiger partial charge in [0.25, 0.3) is 5.91 Å². The van der Waals surface area contributed by atoms with Gasteiger partial charge in [-0.25, -0.2) is 4.98 Å². The second-order valence-electron chi connectivity index (χ2n) is 11.7. The molecule has 0 saturated carbocycles. The van der Waals surface area contributed by atoms with Crippen molar-refractivity contribution in [2.24, 2.45) is 7.05 Å². The maximum Gasteiger partial charge on any atom is 0.291 e. The quantitative estimate of drug-likeness (QED) is 0.228. The van der Waals surface area contributed by atoms with E-state index in [-0.39, 0.29) is 23.7 Å². The predicted molar refractivity (Wildman–Crippen MR) is 181 cm³/mol. The molecule has 6 rings (SSSR count). The lowest BCUT2D eigenvalue weighted by Gasteiger charge is -2.25. The van der Waals surface area contributed by atoms with E-state index in [1.807, 2.05) is 24.3 Å². The monoisotopic (exact) mass is 675 g/mol. The highest BCUT2D eigenvalue weighted by Crippen LogP contribution is 2.41. The van der Waals surface area contributed by atoms with Crippen molar-refractivity contribution in [2.45, 2.75) is 45.3 Å². The van der Waals surface area contributed by atoms with Crippen LogP contribution < -0.4 is 20.7 Å². The van der Waals surface area contributed by atoms with Crippen LogP contribution in [0.4, 0.5) is 5.69 Å². The number of imidazole rings is 1. The molecule has 3 amide bonds.